The highest BCUT2D eigenvalue weighted by molar-refractivity contribution is 5.94. The van der Waals surface area contributed by atoms with Crippen molar-refractivity contribution in [2.24, 2.45) is 5.92 Å². The number of halogens is 3. The maximum absolute atomic E-state index is 12.9. The van der Waals surface area contributed by atoms with Crippen LogP contribution < -0.4 is 0 Å². The lowest BCUT2D eigenvalue weighted by Crippen LogP contribution is -2.38. The number of fused-ring (bicyclic) bond motifs is 1. The summed E-state index contributed by atoms with van der Waals surface area (Å²) in [6.07, 6.45) is -1.67. The number of pyridine rings is 1. The van der Waals surface area contributed by atoms with E-state index in [-0.39, 0.29) is 11.6 Å². The number of nitrogens with zero attached hydrogens (tertiary/aromatic N) is 3. The van der Waals surface area contributed by atoms with E-state index in [1.807, 2.05) is 0 Å². The summed E-state index contributed by atoms with van der Waals surface area (Å²) in [6, 6.07) is 2.28. The van der Waals surface area contributed by atoms with Gasteiger partial charge in [0.25, 0.3) is 5.91 Å². The van der Waals surface area contributed by atoms with Crippen molar-refractivity contribution >= 4 is 11.6 Å². The van der Waals surface area contributed by atoms with E-state index in [1.54, 1.807) is 11.8 Å². The molecule has 23 heavy (non-hydrogen) atoms. The third-order valence-corrected chi connectivity index (χ3v) is 4.39. The summed E-state index contributed by atoms with van der Waals surface area (Å²) in [4.78, 5) is 18.7. The molecule has 0 bridgehead atoms. The van der Waals surface area contributed by atoms with E-state index < -0.39 is 11.7 Å². The largest absolute Gasteiger partial charge is 0.417 e. The number of carbonyl (C=O) groups excluding carboxylic acids is 1. The van der Waals surface area contributed by atoms with Gasteiger partial charge in [-0.05, 0) is 37.8 Å². The molecule has 0 saturated carbocycles. The van der Waals surface area contributed by atoms with Crippen LogP contribution in [0.25, 0.3) is 5.65 Å². The Morgan fingerprint density at radius 3 is 2.52 bits per heavy atom. The van der Waals surface area contributed by atoms with Gasteiger partial charge in [0.15, 0.2) is 0 Å². The van der Waals surface area contributed by atoms with Crippen LogP contribution in [0.15, 0.2) is 18.3 Å². The molecular formula is C16H18F3N3O. The number of alkyl halides is 3. The molecule has 0 radical (unpaired) electrons. The number of aromatic nitrogens is 2. The fourth-order valence-electron chi connectivity index (χ4n) is 2.95. The number of hydrogen-bond donors (Lipinski definition) is 0. The molecule has 0 atom stereocenters. The van der Waals surface area contributed by atoms with Crippen molar-refractivity contribution in [1.82, 2.24) is 14.3 Å². The SMILES string of the molecule is Cc1nc2ccc(C(F)(F)F)cn2c1C(=O)N1CCC(C)CC1. The number of aryl methyl sites for hydroxylation is 1. The minimum absolute atomic E-state index is 0.223. The Bertz CT molecular complexity index is 743. The third kappa shape index (κ3) is 2.92. The molecule has 0 unspecified atom stereocenters. The van der Waals surface area contributed by atoms with Crippen molar-refractivity contribution in [2.75, 3.05) is 13.1 Å². The number of imidazole rings is 1. The predicted molar refractivity (Wildman–Crippen MR) is 79.2 cm³/mol. The van der Waals surface area contributed by atoms with Crippen molar-refractivity contribution in [1.29, 1.82) is 0 Å². The molecule has 1 fully saturated rings. The normalized spacial score (nSPS) is 17.0. The van der Waals surface area contributed by atoms with E-state index >= 15 is 0 Å². The number of carbonyl (C=O) groups is 1. The van der Waals surface area contributed by atoms with Crippen LogP contribution in [0.4, 0.5) is 13.2 Å². The van der Waals surface area contributed by atoms with Gasteiger partial charge in [0, 0.05) is 19.3 Å². The van der Waals surface area contributed by atoms with E-state index in [2.05, 4.69) is 11.9 Å². The topological polar surface area (TPSA) is 37.6 Å². The van der Waals surface area contributed by atoms with Gasteiger partial charge in [0.05, 0.1) is 11.3 Å². The first-order valence-electron chi connectivity index (χ1n) is 7.62. The molecule has 2 aromatic heterocycles. The number of likely N-dealkylation sites (tertiary alicyclic amines) is 1. The van der Waals surface area contributed by atoms with Crippen LogP contribution in [0.5, 0.6) is 0 Å². The van der Waals surface area contributed by atoms with Gasteiger partial charge in [-0.1, -0.05) is 6.92 Å². The Morgan fingerprint density at radius 2 is 1.91 bits per heavy atom. The van der Waals surface area contributed by atoms with E-state index in [9.17, 15) is 18.0 Å². The van der Waals surface area contributed by atoms with E-state index in [1.165, 1.54) is 10.5 Å². The minimum Gasteiger partial charge on any atom is -0.337 e. The van der Waals surface area contributed by atoms with Crippen molar-refractivity contribution in [3.8, 4) is 0 Å². The Labute approximate surface area is 131 Å². The Morgan fingerprint density at radius 1 is 1.26 bits per heavy atom. The quantitative estimate of drug-likeness (QED) is 0.804. The zero-order valence-corrected chi connectivity index (χ0v) is 13.0. The zero-order valence-electron chi connectivity index (χ0n) is 13.0. The fourth-order valence-corrected chi connectivity index (χ4v) is 2.95. The second-order valence-corrected chi connectivity index (χ2v) is 6.16. The van der Waals surface area contributed by atoms with Gasteiger partial charge in [-0.2, -0.15) is 13.2 Å². The molecule has 0 aliphatic carbocycles. The van der Waals surface area contributed by atoms with E-state index in [4.69, 9.17) is 0 Å². The van der Waals surface area contributed by atoms with Crippen LogP contribution in [0.1, 0.15) is 41.5 Å². The fraction of sp³-hybridized carbons (Fsp3) is 0.500. The van der Waals surface area contributed by atoms with Crippen molar-refractivity contribution in [2.45, 2.75) is 32.9 Å². The molecule has 3 heterocycles. The lowest BCUT2D eigenvalue weighted by molar-refractivity contribution is -0.137. The maximum atomic E-state index is 12.9. The number of hydrogen-bond acceptors (Lipinski definition) is 2. The van der Waals surface area contributed by atoms with Crippen molar-refractivity contribution in [3.05, 3.63) is 35.3 Å². The molecule has 1 aliphatic rings. The number of piperidine rings is 1. The molecule has 1 saturated heterocycles. The van der Waals surface area contributed by atoms with Gasteiger partial charge in [-0.25, -0.2) is 4.98 Å². The van der Waals surface area contributed by atoms with E-state index in [0.717, 1.165) is 25.1 Å². The van der Waals surface area contributed by atoms with Gasteiger partial charge in [-0.15, -0.1) is 0 Å². The minimum atomic E-state index is -4.45. The van der Waals surface area contributed by atoms with Crippen LogP contribution in [0.3, 0.4) is 0 Å². The van der Waals surface area contributed by atoms with Crippen molar-refractivity contribution < 1.29 is 18.0 Å². The third-order valence-electron chi connectivity index (χ3n) is 4.39. The van der Waals surface area contributed by atoms with Crippen LogP contribution in [0, 0.1) is 12.8 Å². The zero-order chi connectivity index (χ0) is 16.8. The van der Waals surface area contributed by atoms with Gasteiger partial charge in [0.1, 0.15) is 11.3 Å². The highest BCUT2D eigenvalue weighted by Gasteiger charge is 2.32. The first-order chi connectivity index (χ1) is 10.8. The average molecular weight is 325 g/mol. The number of amides is 1. The first kappa shape index (κ1) is 15.8. The lowest BCUT2D eigenvalue weighted by Gasteiger charge is -2.30. The molecule has 7 heteroatoms. The smallest absolute Gasteiger partial charge is 0.337 e. The molecule has 1 aliphatic heterocycles. The number of rotatable bonds is 1. The summed E-state index contributed by atoms with van der Waals surface area (Å²) in [5.41, 5.74) is 0.238. The van der Waals surface area contributed by atoms with Crippen molar-refractivity contribution in [3.63, 3.8) is 0 Å². The lowest BCUT2D eigenvalue weighted by atomic mass is 9.99. The summed E-state index contributed by atoms with van der Waals surface area (Å²) < 4.78 is 40.0. The Kier molecular flexibility index (Phi) is 3.82. The summed E-state index contributed by atoms with van der Waals surface area (Å²) in [5, 5.41) is 0. The molecular weight excluding hydrogens is 307 g/mol. The van der Waals surface area contributed by atoms with Gasteiger partial charge in [-0.3, -0.25) is 9.20 Å². The summed E-state index contributed by atoms with van der Waals surface area (Å²) in [6.45, 7) is 5.05. The maximum Gasteiger partial charge on any atom is 0.417 e. The standard InChI is InChI=1S/C16H18F3N3O/c1-10-5-7-21(8-6-10)15(23)14-11(2)20-13-4-3-12(9-22(13)14)16(17,18)19/h3-4,9-10H,5-8H2,1-2H3. The predicted octanol–water partition coefficient (Wildman–Crippen LogP) is 3.53. The molecule has 124 valence electrons. The highest BCUT2D eigenvalue weighted by Crippen LogP contribution is 2.30. The first-order valence-corrected chi connectivity index (χ1v) is 7.62. The summed E-state index contributed by atoms with van der Waals surface area (Å²) >= 11 is 0. The Hall–Kier alpha value is -2.05. The van der Waals surface area contributed by atoms with Crippen LogP contribution >= 0.6 is 0 Å². The van der Waals surface area contributed by atoms with Gasteiger partial charge < -0.3 is 4.90 Å². The second-order valence-electron chi connectivity index (χ2n) is 6.16. The molecule has 1 amide bonds. The molecule has 4 nitrogen and oxygen atoms in total. The molecule has 2 aromatic rings. The van der Waals surface area contributed by atoms with Crippen LogP contribution in [0.2, 0.25) is 0 Å². The monoisotopic (exact) mass is 325 g/mol. The average Bonchev–Trinajstić information content (AvgIpc) is 2.81. The highest BCUT2D eigenvalue weighted by atomic mass is 19.4. The molecule has 0 aromatic carbocycles. The summed E-state index contributed by atoms with van der Waals surface area (Å²) in [5.74, 6) is 0.320. The van der Waals surface area contributed by atoms with Gasteiger partial charge >= 0.3 is 6.18 Å². The molecule has 3 rings (SSSR count). The summed E-state index contributed by atoms with van der Waals surface area (Å²) in [7, 11) is 0. The molecule has 0 N–H and O–H groups in total. The van der Waals surface area contributed by atoms with Gasteiger partial charge in [0.2, 0.25) is 0 Å². The second kappa shape index (κ2) is 5.54. The molecule has 0 spiro atoms. The Balaban J connectivity index is 2.02. The van der Waals surface area contributed by atoms with E-state index in [0.29, 0.717) is 30.3 Å². The van der Waals surface area contributed by atoms with Crippen LogP contribution in [-0.4, -0.2) is 33.3 Å². The van der Waals surface area contributed by atoms with Crippen LogP contribution in [-0.2, 0) is 6.18 Å².